The molecule has 12 heavy (non-hydrogen) atoms. The van der Waals surface area contributed by atoms with Crippen LogP contribution in [-0.4, -0.2) is 24.2 Å². The topological polar surface area (TPSA) is 41.6 Å². The number of epoxide rings is 1. The van der Waals surface area contributed by atoms with E-state index in [2.05, 4.69) is 12.2 Å². The van der Waals surface area contributed by atoms with Gasteiger partial charge in [-0.2, -0.15) is 0 Å². The predicted molar refractivity (Wildman–Crippen MR) is 44.7 cm³/mol. The average Bonchev–Trinajstić information content (AvgIpc) is 2.56. The van der Waals surface area contributed by atoms with E-state index in [1.165, 1.54) is 0 Å². The third-order valence-electron chi connectivity index (χ3n) is 2.72. The fourth-order valence-corrected chi connectivity index (χ4v) is 1.79. The van der Waals surface area contributed by atoms with Gasteiger partial charge >= 0.3 is 0 Å². The molecule has 0 aliphatic carbocycles. The molecule has 0 aromatic heterocycles. The molecule has 0 radical (unpaired) electrons. The molecule has 2 heterocycles. The summed E-state index contributed by atoms with van der Waals surface area (Å²) in [5, 5.41) is 2.96. The molecule has 2 rings (SSSR count). The second-order valence-electron chi connectivity index (χ2n) is 3.76. The minimum Gasteiger partial charge on any atom is -0.370 e. The zero-order chi connectivity index (χ0) is 8.55. The molecule has 0 spiro atoms. The van der Waals surface area contributed by atoms with E-state index in [1.807, 2.05) is 0 Å². The van der Waals surface area contributed by atoms with Crippen LogP contribution in [-0.2, 0) is 9.53 Å². The van der Waals surface area contributed by atoms with Gasteiger partial charge in [0.1, 0.15) is 0 Å². The first-order chi connectivity index (χ1) is 5.75. The van der Waals surface area contributed by atoms with Crippen molar-refractivity contribution in [2.75, 3.05) is 0 Å². The molecule has 0 bridgehead atoms. The number of rotatable bonds is 3. The Morgan fingerprint density at radius 3 is 2.83 bits per heavy atom. The number of hydrogen-bond donors (Lipinski definition) is 1. The van der Waals surface area contributed by atoms with Crippen LogP contribution in [0.4, 0.5) is 0 Å². The first-order valence-electron chi connectivity index (χ1n) is 4.70. The maximum Gasteiger partial charge on any atom is 0.220 e. The van der Waals surface area contributed by atoms with Gasteiger partial charge in [0.15, 0.2) is 0 Å². The van der Waals surface area contributed by atoms with Crippen molar-refractivity contribution in [1.82, 2.24) is 5.32 Å². The summed E-state index contributed by atoms with van der Waals surface area (Å²) in [4.78, 5) is 10.8. The Labute approximate surface area is 72.5 Å². The van der Waals surface area contributed by atoms with Crippen LogP contribution < -0.4 is 5.32 Å². The number of carbonyl (C=O) groups is 1. The summed E-state index contributed by atoms with van der Waals surface area (Å²) in [6.07, 6.45) is 4.85. The third kappa shape index (κ3) is 1.78. The lowest BCUT2D eigenvalue weighted by Gasteiger charge is -2.07. The molecule has 2 fully saturated rings. The zero-order valence-electron chi connectivity index (χ0n) is 7.38. The van der Waals surface area contributed by atoms with E-state index in [0.717, 1.165) is 19.3 Å². The van der Waals surface area contributed by atoms with Crippen molar-refractivity contribution >= 4 is 5.91 Å². The maximum atomic E-state index is 10.8. The van der Waals surface area contributed by atoms with E-state index >= 15 is 0 Å². The SMILES string of the molecule is CC1OC1CCC1CCC(=O)N1. The summed E-state index contributed by atoms with van der Waals surface area (Å²) < 4.78 is 5.29. The lowest BCUT2D eigenvalue weighted by Crippen LogP contribution is -2.25. The van der Waals surface area contributed by atoms with Crippen LogP contribution in [0.5, 0.6) is 0 Å². The van der Waals surface area contributed by atoms with Gasteiger partial charge < -0.3 is 10.1 Å². The highest BCUT2D eigenvalue weighted by molar-refractivity contribution is 5.78. The smallest absolute Gasteiger partial charge is 0.220 e. The fourth-order valence-electron chi connectivity index (χ4n) is 1.79. The van der Waals surface area contributed by atoms with E-state index in [1.54, 1.807) is 0 Å². The van der Waals surface area contributed by atoms with Crippen molar-refractivity contribution < 1.29 is 9.53 Å². The van der Waals surface area contributed by atoms with Crippen LogP contribution in [0.15, 0.2) is 0 Å². The summed E-state index contributed by atoms with van der Waals surface area (Å²) >= 11 is 0. The number of ether oxygens (including phenoxy) is 1. The molecule has 2 aliphatic heterocycles. The Hall–Kier alpha value is -0.570. The van der Waals surface area contributed by atoms with Gasteiger partial charge in [0.25, 0.3) is 0 Å². The first-order valence-corrected chi connectivity index (χ1v) is 4.70. The van der Waals surface area contributed by atoms with Crippen LogP contribution in [0.3, 0.4) is 0 Å². The summed E-state index contributed by atoms with van der Waals surface area (Å²) in [6, 6.07) is 0.425. The number of carbonyl (C=O) groups excluding carboxylic acids is 1. The van der Waals surface area contributed by atoms with Crippen molar-refractivity contribution in [2.24, 2.45) is 0 Å². The molecule has 1 amide bonds. The highest BCUT2D eigenvalue weighted by atomic mass is 16.6. The summed E-state index contributed by atoms with van der Waals surface area (Å²) in [6.45, 7) is 2.10. The van der Waals surface area contributed by atoms with Crippen LogP contribution in [0.25, 0.3) is 0 Å². The molecule has 3 unspecified atom stereocenters. The van der Waals surface area contributed by atoms with Gasteiger partial charge in [0, 0.05) is 12.5 Å². The molecular formula is C9H15NO2. The van der Waals surface area contributed by atoms with Crippen molar-refractivity contribution in [2.45, 2.75) is 50.9 Å². The van der Waals surface area contributed by atoms with Gasteiger partial charge in [-0.3, -0.25) is 4.79 Å². The largest absolute Gasteiger partial charge is 0.370 e. The molecule has 3 atom stereocenters. The predicted octanol–water partition coefficient (Wildman–Crippen LogP) is 0.833. The first kappa shape index (κ1) is 8.05. The quantitative estimate of drug-likeness (QED) is 0.636. The molecular weight excluding hydrogens is 154 g/mol. The standard InChI is InChI=1S/C9H15NO2/c1-6-8(12-6)4-2-7-3-5-9(11)10-7/h6-8H,2-5H2,1H3,(H,10,11). The monoisotopic (exact) mass is 169 g/mol. The molecule has 68 valence electrons. The molecule has 0 aromatic carbocycles. The maximum absolute atomic E-state index is 10.8. The Balaban J connectivity index is 1.64. The van der Waals surface area contributed by atoms with E-state index in [9.17, 15) is 4.79 Å². The highest BCUT2D eigenvalue weighted by Gasteiger charge is 2.34. The highest BCUT2D eigenvalue weighted by Crippen LogP contribution is 2.27. The Morgan fingerprint density at radius 1 is 1.58 bits per heavy atom. The van der Waals surface area contributed by atoms with Crippen LogP contribution in [0.1, 0.15) is 32.6 Å². The number of nitrogens with one attached hydrogen (secondary N) is 1. The van der Waals surface area contributed by atoms with Gasteiger partial charge in [0.2, 0.25) is 5.91 Å². The molecule has 2 aliphatic rings. The molecule has 0 aromatic rings. The second-order valence-corrected chi connectivity index (χ2v) is 3.76. The third-order valence-corrected chi connectivity index (χ3v) is 2.72. The minimum atomic E-state index is 0.213. The Morgan fingerprint density at radius 2 is 2.33 bits per heavy atom. The molecule has 3 nitrogen and oxygen atoms in total. The average molecular weight is 169 g/mol. The Kier molecular flexibility index (Phi) is 2.05. The lowest BCUT2D eigenvalue weighted by molar-refractivity contribution is -0.119. The van der Waals surface area contributed by atoms with E-state index in [4.69, 9.17) is 4.74 Å². The van der Waals surface area contributed by atoms with E-state index in [0.29, 0.717) is 24.7 Å². The van der Waals surface area contributed by atoms with Crippen LogP contribution in [0.2, 0.25) is 0 Å². The Bertz CT molecular complexity index is 193. The number of amides is 1. The molecule has 3 heteroatoms. The van der Waals surface area contributed by atoms with Gasteiger partial charge in [-0.25, -0.2) is 0 Å². The van der Waals surface area contributed by atoms with E-state index < -0.39 is 0 Å². The van der Waals surface area contributed by atoms with Crippen molar-refractivity contribution in [1.29, 1.82) is 0 Å². The van der Waals surface area contributed by atoms with Gasteiger partial charge in [-0.15, -0.1) is 0 Å². The van der Waals surface area contributed by atoms with E-state index in [-0.39, 0.29) is 5.91 Å². The fraction of sp³-hybridized carbons (Fsp3) is 0.889. The van der Waals surface area contributed by atoms with Gasteiger partial charge in [-0.05, 0) is 26.2 Å². The summed E-state index contributed by atoms with van der Waals surface area (Å²) in [5.74, 6) is 0.213. The summed E-state index contributed by atoms with van der Waals surface area (Å²) in [7, 11) is 0. The number of hydrogen-bond acceptors (Lipinski definition) is 2. The van der Waals surface area contributed by atoms with Crippen LogP contribution in [0, 0.1) is 0 Å². The van der Waals surface area contributed by atoms with Gasteiger partial charge in [-0.1, -0.05) is 0 Å². The van der Waals surface area contributed by atoms with Gasteiger partial charge in [0.05, 0.1) is 12.2 Å². The normalized spacial score (nSPS) is 39.8. The molecule has 0 saturated carbocycles. The molecule has 2 saturated heterocycles. The van der Waals surface area contributed by atoms with Crippen molar-refractivity contribution in [3.8, 4) is 0 Å². The lowest BCUT2D eigenvalue weighted by atomic mass is 10.1. The zero-order valence-corrected chi connectivity index (χ0v) is 7.38. The second kappa shape index (κ2) is 3.05. The summed E-state index contributed by atoms with van der Waals surface area (Å²) in [5.41, 5.74) is 0. The molecule has 1 N–H and O–H groups in total. The van der Waals surface area contributed by atoms with Crippen LogP contribution >= 0.6 is 0 Å². The minimum absolute atomic E-state index is 0.213. The van der Waals surface area contributed by atoms with Crippen molar-refractivity contribution in [3.63, 3.8) is 0 Å². The van der Waals surface area contributed by atoms with Crippen molar-refractivity contribution in [3.05, 3.63) is 0 Å².